The van der Waals surface area contributed by atoms with Crippen LogP contribution in [0.5, 0.6) is 17.2 Å². The minimum atomic E-state index is -2.13. The maximum Gasteiger partial charge on any atom is 0.604 e. The molecule has 0 aliphatic carbocycles. The highest BCUT2D eigenvalue weighted by molar-refractivity contribution is 7.41. The van der Waals surface area contributed by atoms with E-state index in [-0.39, 0.29) is 5.75 Å². The number of hydrogen-bond donors (Lipinski definition) is 1. The van der Waals surface area contributed by atoms with Gasteiger partial charge in [-0.1, -0.05) is 56.3 Å². The fraction of sp³-hybridized carbons (Fsp3) is 0.280. The van der Waals surface area contributed by atoms with Crippen molar-refractivity contribution in [2.75, 3.05) is 0 Å². The Bertz CT molecular complexity index is 986. The zero-order valence-corrected chi connectivity index (χ0v) is 18.8. The van der Waals surface area contributed by atoms with Gasteiger partial charge in [0.2, 0.25) is 0 Å². The number of ether oxygens (including phenoxy) is 1. The molecule has 0 saturated carbocycles. The van der Waals surface area contributed by atoms with E-state index >= 15 is 0 Å². The Morgan fingerprint density at radius 1 is 0.833 bits per heavy atom. The van der Waals surface area contributed by atoms with E-state index in [0.717, 1.165) is 28.0 Å². The lowest BCUT2D eigenvalue weighted by Crippen LogP contribution is -2.32. The van der Waals surface area contributed by atoms with Crippen molar-refractivity contribution in [2.45, 2.75) is 45.9 Å². The van der Waals surface area contributed by atoms with E-state index in [1.807, 2.05) is 82.3 Å². The van der Waals surface area contributed by atoms with E-state index in [1.54, 1.807) is 12.1 Å². The van der Waals surface area contributed by atoms with Crippen LogP contribution < -0.4 is 9.26 Å². The molecule has 0 radical (unpaired) electrons. The summed E-state index contributed by atoms with van der Waals surface area (Å²) >= 11 is 0. The third kappa shape index (κ3) is 4.66. The number of hydrogen-bond acceptors (Lipinski definition) is 4. The van der Waals surface area contributed by atoms with Crippen molar-refractivity contribution in [3.8, 4) is 28.4 Å². The molecular weight excluding hydrogens is 395 g/mol. The zero-order valence-electron chi connectivity index (χ0n) is 17.9. The highest BCUT2D eigenvalue weighted by atomic mass is 31.1. The van der Waals surface area contributed by atoms with Crippen LogP contribution in [0.4, 0.5) is 0 Å². The molecule has 1 atom stereocenters. The minimum absolute atomic E-state index is 0.232. The lowest BCUT2D eigenvalue weighted by atomic mass is 10.1. The van der Waals surface area contributed by atoms with E-state index in [9.17, 15) is 9.67 Å². The molecule has 5 heteroatoms. The average Bonchev–Trinajstić information content (AvgIpc) is 2.75. The molecule has 0 aromatic heterocycles. The molecule has 0 aliphatic rings. The largest absolute Gasteiger partial charge is 0.604 e. The summed E-state index contributed by atoms with van der Waals surface area (Å²) in [5, 5.41) is 8.54. The highest BCUT2D eigenvalue weighted by Crippen LogP contribution is 2.48. The number of aromatic hydroxyl groups is 1. The van der Waals surface area contributed by atoms with Crippen LogP contribution in [0.15, 0.2) is 66.7 Å². The number of rotatable bonds is 8. The van der Waals surface area contributed by atoms with Gasteiger partial charge < -0.3 is 9.84 Å². The number of aryl methyl sites for hydroxylation is 2. The normalized spacial score (nSPS) is 11.8. The fourth-order valence-corrected chi connectivity index (χ4v) is 4.54. The predicted molar refractivity (Wildman–Crippen MR) is 122 cm³/mol. The Morgan fingerprint density at radius 2 is 1.33 bits per heavy atom. The van der Waals surface area contributed by atoms with Gasteiger partial charge >= 0.3 is 13.4 Å². The Morgan fingerprint density at radius 3 is 1.83 bits per heavy atom. The molecule has 3 aromatic carbocycles. The average molecular weight is 423 g/mol. The first-order chi connectivity index (χ1) is 14.4. The van der Waals surface area contributed by atoms with Gasteiger partial charge in [0.05, 0.1) is 0 Å². The summed E-state index contributed by atoms with van der Waals surface area (Å²) in [5.41, 5.74) is 4.01. The lowest BCUT2D eigenvalue weighted by molar-refractivity contribution is 0.133. The SMILES string of the molecule is CCC(CC)(Oc1c(C)cccc1C)[P+](=O)Oc1ccc(-c2ccc(O)cc2)cc1. The maximum atomic E-state index is 13.3. The first kappa shape index (κ1) is 21.9. The number of benzene rings is 3. The number of phenols is 1. The molecule has 3 aromatic rings. The molecule has 1 unspecified atom stereocenters. The van der Waals surface area contributed by atoms with Crippen molar-refractivity contribution in [1.29, 1.82) is 0 Å². The maximum absolute atomic E-state index is 13.3. The second-order valence-corrected chi connectivity index (χ2v) is 8.91. The zero-order chi connectivity index (χ0) is 21.7. The smallest absolute Gasteiger partial charge is 0.508 e. The molecule has 0 bridgehead atoms. The summed E-state index contributed by atoms with van der Waals surface area (Å²) in [6, 6.07) is 20.4. The van der Waals surface area contributed by atoms with Gasteiger partial charge in [0.25, 0.3) is 0 Å². The molecular formula is C25H28O4P+. The molecule has 0 fully saturated rings. The monoisotopic (exact) mass is 423 g/mol. The summed E-state index contributed by atoms with van der Waals surface area (Å²) in [5.74, 6) is 1.54. The van der Waals surface area contributed by atoms with Gasteiger partial charge in [-0.15, -0.1) is 0 Å². The van der Waals surface area contributed by atoms with Crippen LogP contribution in [-0.2, 0) is 4.57 Å². The minimum Gasteiger partial charge on any atom is -0.508 e. The van der Waals surface area contributed by atoms with Crippen LogP contribution >= 0.6 is 8.03 Å². The van der Waals surface area contributed by atoms with E-state index in [4.69, 9.17) is 9.26 Å². The van der Waals surface area contributed by atoms with Gasteiger partial charge in [-0.25, -0.2) is 0 Å². The molecule has 3 rings (SSSR count). The number of para-hydroxylation sites is 1. The van der Waals surface area contributed by atoms with Gasteiger partial charge in [-0.2, -0.15) is 0 Å². The Balaban J connectivity index is 1.80. The van der Waals surface area contributed by atoms with Gasteiger partial charge in [0, 0.05) is 12.8 Å². The van der Waals surface area contributed by atoms with Crippen LogP contribution in [0.1, 0.15) is 37.8 Å². The summed E-state index contributed by atoms with van der Waals surface area (Å²) in [6.45, 7) is 7.94. The molecule has 1 N–H and O–H groups in total. The van der Waals surface area contributed by atoms with Crippen molar-refractivity contribution < 1.29 is 18.9 Å². The van der Waals surface area contributed by atoms with Gasteiger partial charge in [-0.05, 0) is 64.9 Å². The lowest BCUT2D eigenvalue weighted by Gasteiger charge is -2.23. The standard InChI is InChI=1S/C25H27O4P/c1-5-25(6-2,28-24-18(3)8-7-9-19(24)4)30(27)29-23-16-12-21(13-17-23)20-10-14-22(26)15-11-20/h7-17H,5-6H2,1-4H3/p+1. The Kier molecular flexibility index (Phi) is 6.79. The molecule has 0 amide bonds. The van der Waals surface area contributed by atoms with Crippen LogP contribution in [-0.4, -0.2) is 10.4 Å². The van der Waals surface area contributed by atoms with E-state index in [0.29, 0.717) is 18.6 Å². The fourth-order valence-electron chi connectivity index (χ4n) is 3.38. The first-order valence-corrected chi connectivity index (χ1v) is 11.4. The summed E-state index contributed by atoms with van der Waals surface area (Å²) in [7, 11) is -2.13. The van der Waals surface area contributed by atoms with Gasteiger partial charge in [-0.3, -0.25) is 4.52 Å². The predicted octanol–water partition coefficient (Wildman–Crippen LogP) is 7.39. The van der Waals surface area contributed by atoms with Crippen LogP contribution in [0, 0.1) is 13.8 Å². The van der Waals surface area contributed by atoms with Crippen LogP contribution in [0.3, 0.4) is 0 Å². The molecule has 4 nitrogen and oxygen atoms in total. The molecule has 0 saturated heterocycles. The number of phenolic OH excluding ortho intramolecular Hbond substituents is 1. The van der Waals surface area contributed by atoms with Crippen molar-refractivity contribution >= 4 is 8.03 Å². The van der Waals surface area contributed by atoms with E-state index < -0.39 is 13.4 Å². The topological polar surface area (TPSA) is 55.8 Å². The van der Waals surface area contributed by atoms with E-state index in [2.05, 4.69) is 0 Å². The molecule has 0 heterocycles. The van der Waals surface area contributed by atoms with Crippen molar-refractivity contribution in [1.82, 2.24) is 0 Å². The highest BCUT2D eigenvalue weighted by Gasteiger charge is 2.52. The second-order valence-electron chi connectivity index (χ2n) is 7.40. The van der Waals surface area contributed by atoms with Crippen LogP contribution in [0.2, 0.25) is 0 Å². The quantitative estimate of drug-likeness (QED) is 0.384. The molecule has 156 valence electrons. The molecule has 30 heavy (non-hydrogen) atoms. The van der Waals surface area contributed by atoms with E-state index in [1.165, 1.54) is 0 Å². The second kappa shape index (κ2) is 9.32. The van der Waals surface area contributed by atoms with Crippen molar-refractivity contribution in [3.63, 3.8) is 0 Å². The summed E-state index contributed by atoms with van der Waals surface area (Å²) in [6.07, 6.45) is 1.14. The Hall–Kier alpha value is -2.84. The summed E-state index contributed by atoms with van der Waals surface area (Å²) in [4.78, 5) is 0. The molecule has 0 spiro atoms. The third-order valence-electron chi connectivity index (χ3n) is 5.38. The van der Waals surface area contributed by atoms with Crippen LogP contribution in [0.25, 0.3) is 11.1 Å². The van der Waals surface area contributed by atoms with Crippen molar-refractivity contribution in [2.24, 2.45) is 0 Å². The van der Waals surface area contributed by atoms with Gasteiger partial charge in [0.15, 0.2) is 5.75 Å². The van der Waals surface area contributed by atoms with Gasteiger partial charge in [0.1, 0.15) is 11.5 Å². The Labute approximate surface area is 179 Å². The van der Waals surface area contributed by atoms with Crippen molar-refractivity contribution in [3.05, 3.63) is 77.9 Å². The first-order valence-electron chi connectivity index (χ1n) is 10.2. The summed E-state index contributed by atoms with van der Waals surface area (Å²) < 4.78 is 25.5. The third-order valence-corrected chi connectivity index (χ3v) is 7.15. The molecule has 0 aliphatic heterocycles.